The third kappa shape index (κ3) is 4.69. The molecule has 0 saturated heterocycles. The molecular formula is C29H21ClFN3O4. The van der Waals surface area contributed by atoms with E-state index in [2.05, 4.69) is 15.3 Å². The number of carboxylic acid groups (broad SMARTS) is 1. The molecule has 0 unspecified atom stereocenters. The molecule has 0 spiro atoms. The van der Waals surface area contributed by atoms with Gasteiger partial charge in [-0.25, -0.2) is 14.2 Å². The highest BCUT2D eigenvalue weighted by Crippen LogP contribution is 2.40. The predicted octanol–water partition coefficient (Wildman–Crippen LogP) is 6.33. The van der Waals surface area contributed by atoms with Crippen molar-refractivity contribution in [3.05, 3.63) is 106 Å². The van der Waals surface area contributed by atoms with Crippen LogP contribution >= 0.6 is 11.6 Å². The number of aromatic nitrogens is 2. The molecule has 0 fully saturated rings. The number of benzene rings is 4. The molecule has 190 valence electrons. The van der Waals surface area contributed by atoms with Crippen LogP contribution in [0.4, 0.5) is 4.39 Å². The van der Waals surface area contributed by atoms with Gasteiger partial charge in [-0.1, -0.05) is 66.2 Å². The Balaban J connectivity index is 1.62. The maximum absolute atomic E-state index is 14.3. The van der Waals surface area contributed by atoms with E-state index in [1.54, 1.807) is 30.3 Å². The third-order valence-electron chi connectivity index (χ3n) is 6.11. The predicted molar refractivity (Wildman–Crippen MR) is 143 cm³/mol. The van der Waals surface area contributed by atoms with E-state index in [4.69, 9.17) is 16.3 Å². The first-order valence-corrected chi connectivity index (χ1v) is 12.0. The van der Waals surface area contributed by atoms with Crippen LogP contribution in [0.15, 0.2) is 78.9 Å². The van der Waals surface area contributed by atoms with Crippen LogP contribution in [0.2, 0.25) is 5.02 Å². The molecule has 0 saturated carbocycles. The third-order valence-corrected chi connectivity index (χ3v) is 6.43. The molecule has 4 aromatic carbocycles. The van der Waals surface area contributed by atoms with Crippen molar-refractivity contribution in [3.8, 4) is 28.3 Å². The molecule has 0 atom stereocenters. The molecule has 38 heavy (non-hydrogen) atoms. The maximum atomic E-state index is 14.3. The summed E-state index contributed by atoms with van der Waals surface area (Å²) in [7, 11) is 1.36. The molecule has 0 radical (unpaired) electrons. The number of hydrogen-bond donors (Lipinski definition) is 3. The zero-order valence-electron chi connectivity index (χ0n) is 20.1. The Labute approximate surface area is 221 Å². The Bertz CT molecular complexity index is 1680. The minimum atomic E-state index is -1.28. The number of nitrogens with one attached hydrogen (secondary N) is 2. The van der Waals surface area contributed by atoms with Crippen molar-refractivity contribution < 1.29 is 23.8 Å². The standard InChI is InChI=1S/C29H21ClFN3O4/c1-38-24-14-23-22(13-21(24)31)33-27(34-23)18-10-6-12-20(30)25(18)17-9-5-11-19(26(17)29(36)37)28(35)32-15-16-7-3-2-4-8-16/h2-14H,15H2,1H3,(H,32,35)(H,33,34)(H,36,37). The molecule has 5 rings (SSSR count). The monoisotopic (exact) mass is 529 g/mol. The first-order chi connectivity index (χ1) is 18.4. The van der Waals surface area contributed by atoms with Crippen LogP contribution in [-0.4, -0.2) is 34.1 Å². The second-order valence-corrected chi connectivity index (χ2v) is 8.86. The number of rotatable bonds is 7. The lowest BCUT2D eigenvalue weighted by atomic mass is 9.91. The molecule has 0 aliphatic carbocycles. The molecule has 5 aromatic rings. The normalized spacial score (nSPS) is 10.9. The summed E-state index contributed by atoms with van der Waals surface area (Å²) in [5.41, 5.74) is 2.65. The number of carboxylic acids is 1. The molecule has 1 heterocycles. The molecule has 0 bridgehead atoms. The Kier molecular flexibility index (Phi) is 6.81. The minimum absolute atomic E-state index is 0.00628. The topological polar surface area (TPSA) is 104 Å². The average Bonchev–Trinajstić information content (AvgIpc) is 3.33. The van der Waals surface area contributed by atoms with Gasteiger partial charge in [-0.05, 0) is 23.3 Å². The number of imidazole rings is 1. The summed E-state index contributed by atoms with van der Waals surface area (Å²) in [6.45, 7) is 0.235. The molecule has 9 heteroatoms. The number of nitrogens with zero attached hydrogens (tertiary/aromatic N) is 1. The molecule has 1 aromatic heterocycles. The fourth-order valence-corrected chi connectivity index (χ4v) is 4.62. The van der Waals surface area contributed by atoms with E-state index in [0.717, 1.165) is 5.56 Å². The first-order valence-electron chi connectivity index (χ1n) is 11.6. The quantitative estimate of drug-likeness (QED) is 0.229. The van der Waals surface area contributed by atoms with Crippen molar-refractivity contribution in [2.45, 2.75) is 6.54 Å². The Morgan fingerprint density at radius 2 is 1.76 bits per heavy atom. The summed E-state index contributed by atoms with van der Waals surface area (Å²) < 4.78 is 19.3. The fourth-order valence-electron chi connectivity index (χ4n) is 4.34. The van der Waals surface area contributed by atoms with Gasteiger partial charge >= 0.3 is 5.97 Å². The van der Waals surface area contributed by atoms with Crippen molar-refractivity contribution in [3.63, 3.8) is 0 Å². The van der Waals surface area contributed by atoms with Crippen LogP contribution in [0, 0.1) is 5.82 Å². The highest BCUT2D eigenvalue weighted by Gasteiger charge is 2.25. The smallest absolute Gasteiger partial charge is 0.337 e. The van der Waals surface area contributed by atoms with Gasteiger partial charge in [-0.3, -0.25) is 4.79 Å². The van der Waals surface area contributed by atoms with E-state index in [0.29, 0.717) is 28.0 Å². The highest BCUT2D eigenvalue weighted by molar-refractivity contribution is 6.34. The molecule has 7 nitrogen and oxygen atoms in total. The number of methoxy groups -OCH3 is 1. The number of carbonyl (C=O) groups is 2. The van der Waals surface area contributed by atoms with Crippen LogP contribution in [0.3, 0.4) is 0 Å². The van der Waals surface area contributed by atoms with Gasteiger partial charge in [0, 0.05) is 34.8 Å². The SMILES string of the molecule is COc1cc2nc(-c3cccc(Cl)c3-c3cccc(C(=O)NCc4ccccc4)c3C(=O)O)[nH]c2cc1F. The summed E-state index contributed by atoms with van der Waals surface area (Å²) in [6, 6.07) is 21.7. The van der Waals surface area contributed by atoms with Gasteiger partial charge in [0.25, 0.3) is 5.91 Å². The summed E-state index contributed by atoms with van der Waals surface area (Å²) >= 11 is 6.62. The second kappa shape index (κ2) is 10.4. The first kappa shape index (κ1) is 25.0. The van der Waals surface area contributed by atoms with Crippen LogP contribution in [0.25, 0.3) is 33.5 Å². The van der Waals surface area contributed by atoms with Gasteiger partial charge in [0.15, 0.2) is 11.6 Å². The lowest BCUT2D eigenvalue weighted by Gasteiger charge is -2.16. The number of amides is 1. The number of carbonyl (C=O) groups excluding carboxylic acids is 1. The minimum Gasteiger partial charge on any atom is -0.494 e. The van der Waals surface area contributed by atoms with E-state index < -0.39 is 17.7 Å². The van der Waals surface area contributed by atoms with Gasteiger partial charge in [0.2, 0.25) is 0 Å². The lowest BCUT2D eigenvalue weighted by Crippen LogP contribution is -2.25. The number of aromatic amines is 1. The Morgan fingerprint density at radius 1 is 1.03 bits per heavy atom. The summed E-state index contributed by atoms with van der Waals surface area (Å²) in [5.74, 6) is -1.98. The van der Waals surface area contributed by atoms with Gasteiger partial charge in [-0.15, -0.1) is 0 Å². The number of hydrogen-bond acceptors (Lipinski definition) is 4. The number of H-pyrrole nitrogens is 1. The van der Waals surface area contributed by atoms with Gasteiger partial charge in [-0.2, -0.15) is 0 Å². The molecule has 0 aliphatic heterocycles. The summed E-state index contributed by atoms with van der Waals surface area (Å²) in [6.07, 6.45) is 0. The number of halogens is 2. The molecule has 1 amide bonds. The highest BCUT2D eigenvalue weighted by atomic mass is 35.5. The van der Waals surface area contributed by atoms with E-state index >= 15 is 0 Å². The second-order valence-electron chi connectivity index (χ2n) is 8.45. The fraction of sp³-hybridized carbons (Fsp3) is 0.0690. The zero-order chi connectivity index (χ0) is 26.8. The maximum Gasteiger partial charge on any atom is 0.337 e. The van der Waals surface area contributed by atoms with E-state index in [1.807, 2.05) is 30.3 Å². The van der Waals surface area contributed by atoms with Gasteiger partial charge in [0.05, 0.1) is 29.3 Å². The van der Waals surface area contributed by atoms with Crippen LogP contribution in [-0.2, 0) is 6.54 Å². The summed E-state index contributed by atoms with van der Waals surface area (Å²) in [5, 5.41) is 13.2. The lowest BCUT2D eigenvalue weighted by molar-refractivity contribution is 0.0692. The van der Waals surface area contributed by atoms with Crippen molar-refractivity contribution in [1.82, 2.24) is 15.3 Å². The number of fused-ring (bicyclic) bond motifs is 1. The van der Waals surface area contributed by atoms with Gasteiger partial charge < -0.3 is 20.1 Å². The largest absolute Gasteiger partial charge is 0.494 e. The van der Waals surface area contributed by atoms with Crippen molar-refractivity contribution in [2.24, 2.45) is 0 Å². The number of aromatic carboxylic acids is 1. The average molecular weight is 530 g/mol. The van der Waals surface area contributed by atoms with Crippen molar-refractivity contribution in [1.29, 1.82) is 0 Å². The van der Waals surface area contributed by atoms with Crippen LogP contribution in [0.5, 0.6) is 5.75 Å². The van der Waals surface area contributed by atoms with Crippen molar-refractivity contribution >= 4 is 34.5 Å². The van der Waals surface area contributed by atoms with Gasteiger partial charge in [0.1, 0.15) is 5.82 Å². The molecular weight excluding hydrogens is 509 g/mol. The van der Waals surface area contributed by atoms with E-state index in [-0.39, 0.29) is 34.0 Å². The Morgan fingerprint density at radius 3 is 2.50 bits per heavy atom. The van der Waals surface area contributed by atoms with Crippen LogP contribution in [0.1, 0.15) is 26.3 Å². The zero-order valence-corrected chi connectivity index (χ0v) is 20.8. The Hall–Kier alpha value is -4.69. The number of ether oxygens (including phenoxy) is 1. The van der Waals surface area contributed by atoms with Crippen LogP contribution < -0.4 is 10.1 Å². The molecule has 0 aliphatic rings. The molecule has 3 N–H and O–H groups in total. The van der Waals surface area contributed by atoms with E-state index in [9.17, 15) is 19.1 Å². The summed E-state index contributed by atoms with van der Waals surface area (Å²) in [4.78, 5) is 33.2. The van der Waals surface area contributed by atoms with Crippen molar-refractivity contribution in [2.75, 3.05) is 7.11 Å². The van der Waals surface area contributed by atoms with E-state index in [1.165, 1.54) is 25.3 Å².